The minimum Gasteiger partial charge on any atom is -0.223 e. The number of piperidine rings is 1. The van der Waals surface area contributed by atoms with Gasteiger partial charge in [0.25, 0.3) is 0 Å². The predicted octanol–water partition coefficient (Wildman–Crippen LogP) is 2.62. The summed E-state index contributed by atoms with van der Waals surface area (Å²) in [6.07, 6.45) is 0.999. The Kier molecular flexibility index (Phi) is 4.99. The summed E-state index contributed by atoms with van der Waals surface area (Å²) in [5.74, 6) is 0. The maximum absolute atomic E-state index is 12.8. The Bertz CT molecular complexity index is 936. The van der Waals surface area contributed by atoms with Crippen LogP contribution in [0.3, 0.4) is 0 Å². The van der Waals surface area contributed by atoms with Gasteiger partial charge in [0, 0.05) is 13.1 Å². The van der Waals surface area contributed by atoms with Gasteiger partial charge in [-0.3, -0.25) is 0 Å². The third-order valence-corrected chi connectivity index (χ3v) is 8.58. The topological polar surface area (TPSA) is 71.5 Å². The van der Waals surface area contributed by atoms with E-state index in [0.717, 1.165) is 5.56 Å². The van der Waals surface area contributed by atoms with Crippen molar-refractivity contribution in [1.29, 1.82) is 0 Å². The van der Waals surface area contributed by atoms with Gasteiger partial charge in [-0.2, -0.15) is 4.31 Å². The van der Waals surface area contributed by atoms with Crippen molar-refractivity contribution in [1.82, 2.24) is 4.31 Å². The van der Waals surface area contributed by atoms with Crippen molar-refractivity contribution in [3.05, 3.63) is 60.2 Å². The molecular weight excluding hydrogens is 358 g/mol. The molecule has 0 amide bonds. The van der Waals surface area contributed by atoms with E-state index in [1.54, 1.807) is 54.6 Å². The molecule has 1 saturated heterocycles. The Morgan fingerprint density at radius 1 is 0.880 bits per heavy atom. The second-order valence-corrected chi connectivity index (χ2v) is 10.5. The summed E-state index contributed by atoms with van der Waals surface area (Å²) in [4.78, 5) is 0.449. The van der Waals surface area contributed by atoms with Gasteiger partial charge in [0.05, 0.1) is 15.0 Å². The fraction of sp³-hybridized carbons (Fsp3) is 0.333. The SMILES string of the molecule is Cc1ccc(S(=O)(=O)N2CCCC(S(=O)(=O)c3ccccc3)C2)cc1. The van der Waals surface area contributed by atoms with Crippen molar-refractivity contribution in [2.45, 2.75) is 34.8 Å². The first-order valence-corrected chi connectivity index (χ1v) is 11.2. The molecule has 0 spiro atoms. The van der Waals surface area contributed by atoms with Crippen LogP contribution in [0.1, 0.15) is 18.4 Å². The Balaban J connectivity index is 1.87. The number of hydrogen-bond acceptors (Lipinski definition) is 4. The Labute approximate surface area is 149 Å². The van der Waals surface area contributed by atoms with Crippen LogP contribution in [0, 0.1) is 6.92 Å². The Morgan fingerprint density at radius 3 is 2.16 bits per heavy atom. The lowest BCUT2D eigenvalue weighted by molar-refractivity contribution is 0.346. The molecule has 1 unspecified atom stereocenters. The molecule has 2 aromatic carbocycles. The maximum Gasteiger partial charge on any atom is 0.243 e. The van der Waals surface area contributed by atoms with E-state index in [4.69, 9.17) is 0 Å². The molecule has 134 valence electrons. The molecule has 0 bridgehead atoms. The molecule has 0 aromatic heterocycles. The summed E-state index contributed by atoms with van der Waals surface area (Å²) in [5.41, 5.74) is 0.974. The fourth-order valence-corrected chi connectivity index (χ4v) is 6.43. The van der Waals surface area contributed by atoms with Crippen molar-refractivity contribution in [3.8, 4) is 0 Å². The van der Waals surface area contributed by atoms with Crippen LogP contribution in [0.5, 0.6) is 0 Å². The molecule has 1 aliphatic rings. The molecule has 0 saturated carbocycles. The third-order valence-electron chi connectivity index (χ3n) is 4.51. The lowest BCUT2D eigenvalue weighted by Gasteiger charge is -2.31. The Morgan fingerprint density at radius 2 is 1.52 bits per heavy atom. The van der Waals surface area contributed by atoms with Crippen LogP contribution in [0.25, 0.3) is 0 Å². The number of benzene rings is 2. The quantitative estimate of drug-likeness (QED) is 0.819. The average Bonchev–Trinajstić information content (AvgIpc) is 2.63. The molecule has 1 aliphatic heterocycles. The third kappa shape index (κ3) is 3.63. The molecule has 0 aliphatic carbocycles. The van der Waals surface area contributed by atoms with Crippen molar-refractivity contribution >= 4 is 19.9 Å². The minimum absolute atomic E-state index is 0.00651. The van der Waals surface area contributed by atoms with Crippen molar-refractivity contribution in [2.75, 3.05) is 13.1 Å². The average molecular weight is 380 g/mol. The largest absolute Gasteiger partial charge is 0.243 e. The molecule has 1 fully saturated rings. The molecule has 3 rings (SSSR count). The molecule has 2 aromatic rings. The molecule has 5 nitrogen and oxygen atoms in total. The normalized spacial score (nSPS) is 19.6. The zero-order chi connectivity index (χ0) is 18.1. The van der Waals surface area contributed by atoms with Gasteiger partial charge in [0.2, 0.25) is 10.0 Å². The van der Waals surface area contributed by atoms with Gasteiger partial charge < -0.3 is 0 Å². The van der Waals surface area contributed by atoms with E-state index in [1.807, 2.05) is 6.92 Å². The highest BCUT2D eigenvalue weighted by molar-refractivity contribution is 7.92. The summed E-state index contributed by atoms with van der Waals surface area (Å²) in [7, 11) is -7.24. The van der Waals surface area contributed by atoms with Crippen molar-refractivity contribution < 1.29 is 16.8 Å². The minimum atomic E-state index is -3.69. The van der Waals surface area contributed by atoms with Gasteiger partial charge in [-0.25, -0.2) is 16.8 Å². The van der Waals surface area contributed by atoms with Crippen molar-refractivity contribution in [3.63, 3.8) is 0 Å². The van der Waals surface area contributed by atoms with Gasteiger partial charge in [0.15, 0.2) is 9.84 Å². The molecule has 1 heterocycles. The molecule has 0 radical (unpaired) electrons. The highest BCUT2D eigenvalue weighted by Crippen LogP contribution is 2.27. The standard InChI is InChI=1S/C18H21NO4S2/c1-15-9-11-17(12-10-15)25(22,23)19-13-5-8-18(14-19)24(20,21)16-6-3-2-4-7-16/h2-4,6-7,9-12,18H,5,8,13-14H2,1H3. The van der Waals surface area contributed by atoms with Gasteiger partial charge in [-0.15, -0.1) is 0 Å². The van der Waals surface area contributed by atoms with E-state index in [9.17, 15) is 16.8 Å². The molecule has 7 heteroatoms. The van der Waals surface area contributed by atoms with E-state index < -0.39 is 25.1 Å². The maximum atomic E-state index is 12.8. The first kappa shape index (κ1) is 18.1. The summed E-state index contributed by atoms with van der Waals surface area (Å²) < 4.78 is 52.6. The number of sulfonamides is 1. The fourth-order valence-electron chi connectivity index (χ4n) is 3.04. The number of hydrogen-bond donors (Lipinski definition) is 0. The molecule has 1 atom stereocenters. The lowest BCUT2D eigenvalue weighted by Crippen LogP contribution is -2.45. The molecule has 0 N–H and O–H groups in total. The van der Waals surface area contributed by atoms with Crippen LogP contribution in [-0.4, -0.2) is 39.5 Å². The smallest absolute Gasteiger partial charge is 0.223 e. The van der Waals surface area contributed by atoms with Crippen LogP contribution in [0.4, 0.5) is 0 Å². The first-order valence-electron chi connectivity index (χ1n) is 8.17. The summed E-state index contributed by atoms with van der Waals surface area (Å²) in [6.45, 7) is 2.23. The number of nitrogens with zero attached hydrogens (tertiary/aromatic N) is 1. The van der Waals surface area contributed by atoms with E-state index in [0.29, 0.717) is 19.4 Å². The second-order valence-electron chi connectivity index (χ2n) is 6.30. The van der Waals surface area contributed by atoms with Crippen LogP contribution in [-0.2, 0) is 19.9 Å². The predicted molar refractivity (Wildman–Crippen MR) is 96.6 cm³/mol. The summed E-state index contributed by atoms with van der Waals surface area (Å²) >= 11 is 0. The zero-order valence-corrected chi connectivity index (χ0v) is 15.6. The van der Waals surface area contributed by atoms with Gasteiger partial charge >= 0.3 is 0 Å². The van der Waals surface area contributed by atoms with Crippen LogP contribution in [0.2, 0.25) is 0 Å². The van der Waals surface area contributed by atoms with E-state index in [-0.39, 0.29) is 16.3 Å². The first-order chi connectivity index (χ1) is 11.8. The number of aryl methyl sites for hydroxylation is 1. The second kappa shape index (κ2) is 6.90. The monoisotopic (exact) mass is 379 g/mol. The van der Waals surface area contributed by atoms with E-state index >= 15 is 0 Å². The van der Waals surface area contributed by atoms with E-state index in [2.05, 4.69) is 0 Å². The van der Waals surface area contributed by atoms with Gasteiger partial charge in [-0.05, 0) is 44.0 Å². The summed E-state index contributed by atoms with van der Waals surface area (Å²) in [5, 5.41) is -0.719. The molecular formula is C18H21NO4S2. The Hall–Kier alpha value is -1.70. The highest BCUT2D eigenvalue weighted by Gasteiger charge is 2.36. The number of sulfone groups is 1. The molecule has 25 heavy (non-hydrogen) atoms. The van der Waals surface area contributed by atoms with Crippen LogP contribution < -0.4 is 0 Å². The van der Waals surface area contributed by atoms with Crippen LogP contribution >= 0.6 is 0 Å². The van der Waals surface area contributed by atoms with Crippen LogP contribution in [0.15, 0.2) is 64.4 Å². The zero-order valence-electron chi connectivity index (χ0n) is 14.0. The van der Waals surface area contributed by atoms with E-state index in [1.165, 1.54) is 4.31 Å². The van der Waals surface area contributed by atoms with Gasteiger partial charge in [0.1, 0.15) is 0 Å². The van der Waals surface area contributed by atoms with Crippen molar-refractivity contribution in [2.24, 2.45) is 0 Å². The summed E-state index contributed by atoms with van der Waals surface area (Å²) in [6, 6.07) is 14.9. The van der Waals surface area contributed by atoms with Gasteiger partial charge in [-0.1, -0.05) is 35.9 Å². The highest BCUT2D eigenvalue weighted by atomic mass is 32.2. The lowest BCUT2D eigenvalue weighted by atomic mass is 10.2. The number of rotatable bonds is 4.